The molecule has 0 radical (unpaired) electrons. The Morgan fingerprint density at radius 1 is 1.35 bits per heavy atom. The molecule has 5 nitrogen and oxygen atoms in total. The normalized spacial score (nSPS) is 10.6. The highest BCUT2D eigenvalue weighted by Gasteiger charge is 2.07. The van der Waals surface area contributed by atoms with E-state index in [2.05, 4.69) is 15.0 Å². The summed E-state index contributed by atoms with van der Waals surface area (Å²) >= 11 is 5.99. The van der Waals surface area contributed by atoms with Crippen molar-refractivity contribution in [1.29, 1.82) is 0 Å². The van der Waals surface area contributed by atoms with E-state index in [-0.39, 0.29) is 5.56 Å². The largest absolute Gasteiger partial charge is 0.371 e. The van der Waals surface area contributed by atoms with Crippen LogP contribution >= 0.6 is 11.6 Å². The lowest BCUT2D eigenvalue weighted by atomic mass is 10.3. The van der Waals surface area contributed by atoms with E-state index >= 15 is 0 Å². The molecule has 0 spiro atoms. The van der Waals surface area contributed by atoms with E-state index in [0.717, 1.165) is 24.3 Å². The fourth-order valence-electron chi connectivity index (χ4n) is 2.00. The molecule has 6 heteroatoms. The van der Waals surface area contributed by atoms with Gasteiger partial charge in [-0.3, -0.25) is 4.79 Å². The van der Waals surface area contributed by atoms with E-state index in [4.69, 9.17) is 11.6 Å². The highest BCUT2D eigenvalue weighted by atomic mass is 35.5. The van der Waals surface area contributed by atoms with Crippen LogP contribution in [0.2, 0.25) is 5.15 Å². The van der Waals surface area contributed by atoms with Gasteiger partial charge in [-0.25, -0.2) is 9.67 Å². The molecule has 0 aliphatic carbocycles. The summed E-state index contributed by atoms with van der Waals surface area (Å²) in [5.41, 5.74) is 1.47. The summed E-state index contributed by atoms with van der Waals surface area (Å²) in [6.07, 6.45) is 3.32. The third kappa shape index (κ3) is 3.17. The van der Waals surface area contributed by atoms with Crippen LogP contribution in [-0.2, 0) is 6.54 Å². The molecular formula is C14H17ClN4O. The Labute approximate surface area is 122 Å². The lowest BCUT2D eigenvalue weighted by molar-refractivity contribution is 0.635. The summed E-state index contributed by atoms with van der Waals surface area (Å²) in [7, 11) is 0. The Morgan fingerprint density at radius 3 is 2.70 bits per heavy atom. The Morgan fingerprint density at radius 2 is 2.10 bits per heavy atom. The van der Waals surface area contributed by atoms with E-state index in [1.807, 2.05) is 19.9 Å². The molecule has 106 valence electrons. The van der Waals surface area contributed by atoms with E-state index < -0.39 is 0 Å². The SMILES string of the molecule is CCN(CC)c1cnn(Cc2cccnc2Cl)c(=O)c1. The molecule has 0 atom stereocenters. The second-order valence-corrected chi connectivity index (χ2v) is 4.69. The first-order valence-corrected chi connectivity index (χ1v) is 6.95. The number of rotatable bonds is 5. The molecule has 2 aromatic rings. The van der Waals surface area contributed by atoms with Crippen LogP contribution in [0.15, 0.2) is 35.4 Å². The summed E-state index contributed by atoms with van der Waals surface area (Å²) in [4.78, 5) is 18.2. The zero-order valence-electron chi connectivity index (χ0n) is 11.6. The quantitative estimate of drug-likeness (QED) is 0.793. The van der Waals surface area contributed by atoms with Crippen molar-refractivity contribution in [3.05, 3.63) is 51.7 Å². The molecule has 0 aliphatic rings. The topological polar surface area (TPSA) is 51.0 Å². The fraction of sp³-hybridized carbons (Fsp3) is 0.357. The lowest BCUT2D eigenvalue weighted by Gasteiger charge is -2.20. The molecule has 0 saturated heterocycles. The van der Waals surface area contributed by atoms with Gasteiger partial charge >= 0.3 is 0 Å². The van der Waals surface area contributed by atoms with Crippen LogP contribution in [0.1, 0.15) is 19.4 Å². The van der Waals surface area contributed by atoms with Gasteiger partial charge in [0.25, 0.3) is 5.56 Å². The van der Waals surface area contributed by atoms with Gasteiger partial charge < -0.3 is 4.90 Å². The molecular weight excluding hydrogens is 276 g/mol. The average molecular weight is 293 g/mol. The van der Waals surface area contributed by atoms with Crippen LogP contribution < -0.4 is 10.5 Å². The first kappa shape index (κ1) is 14.5. The molecule has 0 amide bonds. The number of halogens is 1. The molecule has 2 rings (SSSR count). The van der Waals surface area contributed by atoms with E-state index in [1.165, 1.54) is 4.68 Å². The Bertz CT molecular complexity index is 637. The van der Waals surface area contributed by atoms with Crippen LogP contribution in [0.5, 0.6) is 0 Å². The number of anilines is 1. The molecule has 0 bridgehead atoms. The molecule has 2 aromatic heterocycles. The van der Waals surface area contributed by atoms with Crippen molar-refractivity contribution >= 4 is 17.3 Å². The van der Waals surface area contributed by atoms with Crippen LogP contribution in [-0.4, -0.2) is 27.9 Å². The zero-order chi connectivity index (χ0) is 14.5. The van der Waals surface area contributed by atoms with E-state index in [9.17, 15) is 4.79 Å². The standard InChI is InChI=1S/C14H17ClN4O/c1-3-18(4-2)12-8-13(20)19(17-9-12)10-11-6-5-7-16-14(11)15/h5-9H,3-4,10H2,1-2H3. The highest BCUT2D eigenvalue weighted by molar-refractivity contribution is 6.30. The predicted octanol–water partition coefficient (Wildman–Crippen LogP) is 2.19. The fourth-order valence-corrected chi connectivity index (χ4v) is 2.18. The van der Waals surface area contributed by atoms with Gasteiger partial charge in [0.15, 0.2) is 0 Å². The number of nitrogens with zero attached hydrogens (tertiary/aromatic N) is 4. The summed E-state index contributed by atoms with van der Waals surface area (Å²) < 4.78 is 1.38. The van der Waals surface area contributed by atoms with E-state index in [1.54, 1.807) is 24.5 Å². The molecule has 0 aliphatic heterocycles. The van der Waals surface area contributed by atoms with Gasteiger partial charge in [-0.1, -0.05) is 17.7 Å². The van der Waals surface area contributed by atoms with Crippen molar-refractivity contribution < 1.29 is 0 Å². The number of hydrogen-bond donors (Lipinski definition) is 0. The van der Waals surface area contributed by atoms with Gasteiger partial charge in [0.2, 0.25) is 0 Å². The smallest absolute Gasteiger partial charge is 0.269 e. The van der Waals surface area contributed by atoms with Crippen molar-refractivity contribution in [2.75, 3.05) is 18.0 Å². The Balaban J connectivity index is 2.27. The zero-order valence-corrected chi connectivity index (χ0v) is 12.3. The number of hydrogen-bond acceptors (Lipinski definition) is 4. The van der Waals surface area contributed by atoms with Crippen molar-refractivity contribution in [2.45, 2.75) is 20.4 Å². The summed E-state index contributed by atoms with van der Waals surface area (Å²) in [5, 5.41) is 4.60. The highest BCUT2D eigenvalue weighted by Crippen LogP contribution is 2.13. The molecule has 0 aromatic carbocycles. The van der Waals surface area contributed by atoms with Gasteiger partial charge in [-0.2, -0.15) is 5.10 Å². The van der Waals surface area contributed by atoms with Crippen molar-refractivity contribution in [3.8, 4) is 0 Å². The summed E-state index contributed by atoms with van der Waals surface area (Å²) in [5.74, 6) is 0. The van der Waals surface area contributed by atoms with Gasteiger partial charge in [-0.15, -0.1) is 0 Å². The minimum Gasteiger partial charge on any atom is -0.371 e. The summed E-state index contributed by atoms with van der Waals surface area (Å²) in [6, 6.07) is 5.22. The van der Waals surface area contributed by atoms with Crippen molar-refractivity contribution in [3.63, 3.8) is 0 Å². The molecule has 0 N–H and O–H groups in total. The maximum atomic E-state index is 12.1. The molecule has 0 fully saturated rings. The number of aromatic nitrogens is 3. The second kappa shape index (κ2) is 6.52. The maximum Gasteiger partial charge on any atom is 0.269 e. The van der Waals surface area contributed by atoms with Gasteiger partial charge in [0.1, 0.15) is 5.15 Å². The molecule has 0 saturated carbocycles. The Hall–Kier alpha value is -1.88. The van der Waals surface area contributed by atoms with Crippen LogP contribution in [0.4, 0.5) is 5.69 Å². The van der Waals surface area contributed by atoms with Crippen molar-refractivity contribution in [1.82, 2.24) is 14.8 Å². The third-order valence-electron chi connectivity index (χ3n) is 3.14. The van der Waals surface area contributed by atoms with Crippen LogP contribution in [0.25, 0.3) is 0 Å². The molecule has 2 heterocycles. The lowest BCUT2D eigenvalue weighted by Crippen LogP contribution is -2.28. The molecule has 20 heavy (non-hydrogen) atoms. The predicted molar refractivity (Wildman–Crippen MR) is 80.4 cm³/mol. The van der Waals surface area contributed by atoms with Gasteiger partial charge in [0, 0.05) is 30.9 Å². The Kier molecular flexibility index (Phi) is 4.74. The summed E-state index contributed by atoms with van der Waals surface area (Å²) in [6.45, 7) is 6.10. The first-order valence-electron chi connectivity index (χ1n) is 6.57. The average Bonchev–Trinajstić information content (AvgIpc) is 2.45. The third-order valence-corrected chi connectivity index (χ3v) is 3.48. The maximum absolute atomic E-state index is 12.1. The monoisotopic (exact) mass is 292 g/mol. The van der Waals surface area contributed by atoms with Crippen LogP contribution in [0.3, 0.4) is 0 Å². The van der Waals surface area contributed by atoms with Gasteiger partial charge in [-0.05, 0) is 19.9 Å². The molecule has 0 unspecified atom stereocenters. The second-order valence-electron chi connectivity index (χ2n) is 4.34. The van der Waals surface area contributed by atoms with E-state index in [0.29, 0.717) is 11.7 Å². The minimum absolute atomic E-state index is 0.144. The van der Waals surface area contributed by atoms with Crippen molar-refractivity contribution in [2.24, 2.45) is 0 Å². The minimum atomic E-state index is -0.144. The first-order chi connectivity index (χ1) is 9.65. The van der Waals surface area contributed by atoms with Crippen LogP contribution in [0, 0.1) is 0 Å². The number of pyridine rings is 1. The van der Waals surface area contributed by atoms with Gasteiger partial charge in [0.05, 0.1) is 18.4 Å².